The molecule has 1 N–H and O–H groups in total. The van der Waals surface area contributed by atoms with E-state index in [-0.39, 0.29) is 0 Å². The molecule has 8 heteroatoms. The van der Waals surface area contributed by atoms with Gasteiger partial charge in [-0.05, 0) is 12.5 Å². The van der Waals surface area contributed by atoms with Gasteiger partial charge < -0.3 is 5.11 Å². The van der Waals surface area contributed by atoms with Crippen molar-refractivity contribution in [2.45, 2.75) is 17.7 Å². The number of aryl methyl sites for hydroxylation is 1. The zero-order chi connectivity index (χ0) is 14.1. The van der Waals surface area contributed by atoms with Crippen molar-refractivity contribution in [2.24, 2.45) is 0 Å². The Morgan fingerprint density at radius 1 is 1.33 bits per heavy atom. The van der Waals surface area contributed by atoms with Gasteiger partial charge in [-0.25, -0.2) is 8.42 Å². The Hall–Kier alpha value is -1.57. The lowest BCUT2D eigenvalue weighted by molar-refractivity contribution is -0.137. The van der Waals surface area contributed by atoms with Crippen molar-refractivity contribution in [3.8, 4) is 0 Å². The lowest BCUT2D eigenvalue weighted by atomic mass is 10.1. The molecule has 0 bridgehead atoms. The molecule has 4 nitrogen and oxygen atoms in total. The Morgan fingerprint density at radius 2 is 1.89 bits per heavy atom. The number of halogens is 3. The second kappa shape index (κ2) is 4.60. The van der Waals surface area contributed by atoms with Gasteiger partial charge >= 0.3 is 11.5 Å². The Kier molecular flexibility index (Phi) is 3.70. The van der Waals surface area contributed by atoms with Crippen molar-refractivity contribution < 1.29 is 31.5 Å². The highest BCUT2D eigenvalue weighted by atomic mass is 32.2. The smallest absolute Gasteiger partial charge is 0.480 e. The van der Waals surface area contributed by atoms with Crippen molar-refractivity contribution in [1.82, 2.24) is 0 Å². The zero-order valence-electron chi connectivity index (χ0n) is 9.10. The van der Waals surface area contributed by atoms with Crippen LogP contribution < -0.4 is 0 Å². The lowest BCUT2D eigenvalue weighted by Gasteiger charge is -2.16. The van der Waals surface area contributed by atoms with Crippen LogP contribution in [0.1, 0.15) is 16.4 Å². The number of sulfone groups is 1. The van der Waals surface area contributed by atoms with Gasteiger partial charge in [-0.15, -0.1) is 0 Å². The second-order valence-corrected chi connectivity index (χ2v) is 5.65. The average molecular weight is 282 g/mol. The van der Waals surface area contributed by atoms with Crippen LogP contribution in [0.2, 0.25) is 0 Å². The lowest BCUT2D eigenvalue weighted by Crippen LogP contribution is -2.33. The van der Waals surface area contributed by atoms with Crippen molar-refractivity contribution in [2.75, 3.05) is 0 Å². The van der Waals surface area contributed by atoms with Crippen LogP contribution in [0.25, 0.3) is 0 Å². The number of carbonyl (C=O) groups is 1. The average Bonchev–Trinajstić information content (AvgIpc) is 2.14. The summed E-state index contributed by atoms with van der Waals surface area (Å²) in [4.78, 5) is 10.8. The van der Waals surface area contributed by atoms with Gasteiger partial charge in [0.25, 0.3) is 9.84 Å². The van der Waals surface area contributed by atoms with E-state index in [4.69, 9.17) is 5.11 Å². The van der Waals surface area contributed by atoms with E-state index in [2.05, 4.69) is 0 Å². The Balaban J connectivity index is 3.42. The van der Waals surface area contributed by atoms with Crippen LogP contribution in [-0.2, 0) is 14.6 Å². The molecule has 0 saturated carbocycles. The molecule has 0 amide bonds. The SMILES string of the molecule is Cc1cccc(C(C(=O)O)S(=O)(=O)C(F)(F)F)c1. The highest BCUT2D eigenvalue weighted by Crippen LogP contribution is 2.35. The van der Waals surface area contributed by atoms with Gasteiger partial charge in [-0.1, -0.05) is 29.8 Å². The number of carboxylic acids is 1. The number of carboxylic acid groups (broad SMARTS) is 1. The monoisotopic (exact) mass is 282 g/mol. The fraction of sp³-hybridized carbons (Fsp3) is 0.300. The molecule has 0 heterocycles. The molecule has 0 aliphatic rings. The number of aliphatic carboxylic acids is 1. The summed E-state index contributed by atoms with van der Waals surface area (Å²) in [7, 11) is -5.81. The summed E-state index contributed by atoms with van der Waals surface area (Å²) < 4.78 is 59.5. The summed E-state index contributed by atoms with van der Waals surface area (Å²) in [5.41, 5.74) is -5.56. The maximum atomic E-state index is 12.4. The number of hydrogen-bond acceptors (Lipinski definition) is 3. The van der Waals surface area contributed by atoms with E-state index in [0.29, 0.717) is 5.56 Å². The first kappa shape index (κ1) is 14.5. The minimum absolute atomic E-state index is 0.417. The molecule has 1 aromatic rings. The molecule has 0 aliphatic heterocycles. The molecular formula is C10H9F3O4S. The highest BCUT2D eigenvalue weighted by Gasteiger charge is 2.54. The van der Waals surface area contributed by atoms with E-state index in [1.54, 1.807) is 0 Å². The Bertz CT molecular complexity index is 563. The fourth-order valence-electron chi connectivity index (χ4n) is 1.42. The van der Waals surface area contributed by atoms with Crippen molar-refractivity contribution in [3.63, 3.8) is 0 Å². The summed E-state index contributed by atoms with van der Waals surface area (Å²) in [5, 5.41) is 6.10. The molecule has 1 unspecified atom stereocenters. The van der Waals surface area contributed by atoms with Gasteiger partial charge in [-0.2, -0.15) is 13.2 Å². The van der Waals surface area contributed by atoms with Crippen LogP contribution in [0.15, 0.2) is 24.3 Å². The van der Waals surface area contributed by atoms with E-state index in [0.717, 1.165) is 12.1 Å². The fourth-order valence-corrected chi connectivity index (χ4v) is 2.46. The van der Waals surface area contributed by atoms with E-state index in [1.165, 1.54) is 19.1 Å². The largest absolute Gasteiger partial charge is 0.498 e. The van der Waals surface area contributed by atoms with Crippen LogP contribution in [0, 0.1) is 6.92 Å². The van der Waals surface area contributed by atoms with Crippen molar-refractivity contribution in [3.05, 3.63) is 35.4 Å². The first-order valence-electron chi connectivity index (χ1n) is 4.67. The maximum absolute atomic E-state index is 12.4. The maximum Gasteiger partial charge on any atom is 0.498 e. The minimum Gasteiger partial charge on any atom is -0.480 e. The third-order valence-corrected chi connectivity index (χ3v) is 3.94. The van der Waals surface area contributed by atoms with Crippen LogP contribution in [-0.4, -0.2) is 25.0 Å². The predicted molar refractivity (Wildman–Crippen MR) is 56.5 cm³/mol. The summed E-state index contributed by atoms with van der Waals surface area (Å²) in [6, 6.07) is 4.95. The molecule has 1 atom stereocenters. The molecule has 1 aromatic carbocycles. The van der Waals surface area contributed by atoms with Crippen molar-refractivity contribution in [1.29, 1.82) is 0 Å². The Labute approximate surface area is 101 Å². The van der Waals surface area contributed by atoms with Gasteiger partial charge in [0.05, 0.1) is 0 Å². The molecule has 0 radical (unpaired) electrons. The van der Waals surface area contributed by atoms with Crippen LogP contribution in [0.5, 0.6) is 0 Å². The van der Waals surface area contributed by atoms with Crippen molar-refractivity contribution >= 4 is 15.8 Å². The quantitative estimate of drug-likeness (QED) is 0.921. The molecule has 0 aromatic heterocycles. The molecule has 0 fully saturated rings. The van der Waals surface area contributed by atoms with Gasteiger partial charge in [0.15, 0.2) is 5.25 Å². The molecule has 0 saturated heterocycles. The molecule has 18 heavy (non-hydrogen) atoms. The van der Waals surface area contributed by atoms with E-state index in [1.807, 2.05) is 0 Å². The molecule has 1 rings (SSSR count). The predicted octanol–water partition coefficient (Wildman–Crippen LogP) is 2.06. The summed E-state index contributed by atoms with van der Waals surface area (Å²) >= 11 is 0. The highest BCUT2D eigenvalue weighted by molar-refractivity contribution is 7.93. The summed E-state index contributed by atoms with van der Waals surface area (Å²) in [5.74, 6) is -2.06. The first-order chi connectivity index (χ1) is 8.07. The first-order valence-corrected chi connectivity index (χ1v) is 6.21. The van der Waals surface area contributed by atoms with Crippen LogP contribution in [0.4, 0.5) is 13.2 Å². The van der Waals surface area contributed by atoms with Gasteiger partial charge in [0, 0.05) is 0 Å². The third-order valence-electron chi connectivity index (χ3n) is 2.20. The minimum atomic E-state index is -5.81. The van der Waals surface area contributed by atoms with Gasteiger partial charge in [0.1, 0.15) is 0 Å². The molecule has 0 aliphatic carbocycles. The number of alkyl halides is 3. The number of rotatable bonds is 3. The molecule has 0 spiro atoms. The molecular weight excluding hydrogens is 273 g/mol. The second-order valence-electron chi connectivity index (χ2n) is 3.62. The van der Waals surface area contributed by atoms with Gasteiger partial charge in [0.2, 0.25) is 0 Å². The Morgan fingerprint density at radius 3 is 2.28 bits per heavy atom. The topological polar surface area (TPSA) is 71.4 Å². The number of hydrogen-bond donors (Lipinski definition) is 1. The van der Waals surface area contributed by atoms with Gasteiger partial charge in [-0.3, -0.25) is 4.79 Å². The third kappa shape index (κ3) is 2.63. The standard InChI is InChI=1S/C10H9F3O4S/c1-6-3-2-4-7(5-6)8(9(14)15)18(16,17)10(11,12)13/h2-5,8H,1H3,(H,14,15). The van der Waals surface area contributed by atoms with E-state index in [9.17, 15) is 26.4 Å². The molecule has 100 valence electrons. The summed E-state index contributed by atoms with van der Waals surface area (Å²) in [6.45, 7) is 1.52. The van der Waals surface area contributed by atoms with Crippen LogP contribution >= 0.6 is 0 Å². The van der Waals surface area contributed by atoms with Crippen LogP contribution in [0.3, 0.4) is 0 Å². The normalized spacial score (nSPS) is 14.2. The number of benzene rings is 1. The van der Waals surface area contributed by atoms with E-state index >= 15 is 0 Å². The zero-order valence-corrected chi connectivity index (χ0v) is 9.92. The summed E-state index contributed by atoms with van der Waals surface area (Å²) in [6.07, 6.45) is 0. The van der Waals surface area contributed by atoms with E-state index < -0.39 is 32.1 Å².